The Morgan fingerprint density at radius 2 is 1.50 bits per heavy atom. The summed E-state index contributed by atoms with van der Waals surface area (Å²) in [5.74, 6) is -3.46. The molecule has 2 rings (SSSR count). The number of halogens is 3. The number of urea groups is 1. The highest BCUT2D eigenvalue weighted by molar-refractivity contribution is 5.99. The number of carbonyl (C=O) groups excluding carboxylic acids is 1. The molecule has 4 nitrogen and oxygen atoms in total. The van der Waals surface area contributed by atoms with Crippen LogP contribution in [0.15, 0.2) is 36.4 Å². The molecule has 0 spiro atoms. The third kappa shape index (κ3) is 3.19. The van der Waals surface area contributed by atoms with E-state index >= 15 is 0 Å². The average molecular weight is 281 g/mol. The maximum atomic E-state index is 13.3. The molecule has 0 aromatic heterocycles. The number of rotatable bonds is 2. The molecule has 0 aliphatic carbocycles. The van der Waals surface area contributed by atoms with Gasteiger partial charge < -0.3 is 16.4 Å². The first-order valence-corrected chi connectivity index (χ1v) is 5.54. The predicted molar refractivity (Wildman–Crippen MR) is 69.8 cm³/mol. The van der Waals surface area contributed by atoms with Crippen LogP contribution in [0, 0.1) is 17.5 Å². The van der Waals surface area contributed by atoms with Crippen LogP contribution in [-0.4, -0.2) is 6.03 Å². The van der Waals surface area contributed by atoms with Gasteiger partial charge in [-0.3, -0.25) is 0 Å². The van der Waals surface area contributed by atoms with Crippen LogP contribution >= 0.6 is 0 Å². The van der Waals surface area contributed by atoms with Crippen LogP contribution in [0.2, 0.25) is 0 Å². The Labute approximate surface area is 112 Å². The van der Waals surface area contributed by atoms with Crippen molar-refractivity contribution in [2.24, 2.45) is 0 Å². The number of benzene rings is 2. The smallest absolute Gasteiger partial charge is 0.323 e. The second kappa shape index (κ2) is 5.52. The third-order valence-electron chi connectivity index (χ3n) is 2.41. The van der Waals surface area contributed by atoms with E-state index in [0.717, 1.165) is 0 Å². The number of amides is 2. The van der Waals surface area contributed by atoms with Crippen LogP contribution in [0.25, 0.3) is 0 Å². The van der Waals surface area contributed by atoms with E-state index in [4.69, 9.17) is 5.73 Å². The van der Waals surface area contributed by atoms with Crippen molar-refractivity contribution in [3.8, 4) is 0 Å². The van der Waals surface area contributed by atoms with Gasteiger partial charge in [0.15, 0.2) is 11.6 Å². The first kappa shape index (κ1) is 13.7. The van der Waals surface area contributed by atoms with Crippen LogP contribution in [0.4, 0.5) is 35.0 Å². The molecule has 0 saturated heterocycles. The maximum absolute atomic E-state index is 13.3. The Bertz CT molecular complexity index is 621. The number of nitrogens with two attached hydrogens (primary N) is 1. The van der Waals surface area contributed by atoms with Crippen LogP contribution in [0.5, 0.6) is 0 Å². The van der Waals surface area contributed by atoms with E-state index in [1.807, 2.05) is 5.32 Å². The van der Waals surface area contributed by atoms with E-state index in [1.54, 1.807) is 12.1 Å². The SMILES string of the molecule is Nc1ccc(NC(=O)Nc2c(F)cc(F)cc2F)cc1. The number of hydrogen-bond acceptors (Lipinski definition) is 2. The summed E-state index contributed by atoms with van der Waals surface area (Å²) in [5.41, 5.74) is 5.64. The summed E-state index contributed by atoms with van der Waals surface area (Å²) in [7, 11) is 0. The normalized spacial score (nSPS) is 10.2. The molecule has 0 fully saturated rings. The summed E-state index contributed by atoms with van der Waals surface area (Å²) in [5, 5.41) is 4.32. The van der Waals surface area contributed by atoms with Gasteiger partial charge in [0, 0.05) is 23.5 Å². The van der Waals surface area contributed by atoms with E-state index in [0.29, 0.717) is 23.5 Å². The molecule has 0 aliphatic heterocycles. The topological polar surface area (TPSA) is 67.1 Å². The molecule has 0 atom stereocenters. The van der Waals surface area contributed by atoms with Crippen LogP contribution in [0.3, 0.4) is 0 Å². The standard InChI is InChI=1S/C13H10F3N3O/c14-7-5-10(15)12(11(16)6-7)19-13(20)18-9-3-1-8(17)2-4-9/h1-6H,17H2,(H2,18,19,20). The Kier molecular flexibility index (Phi) is 3.79. The van der Waals surface area contributed by atoms with Gasteiger partial charge in [-0.2, -0.15) is 0 Å². The van der Waals surface area contributed by atoms with Gasteiger partial charge >= 0.3 is 6.03 Å². The molecular formula is C13H10F3N3O. The lowest BCUT2D eigenvalue weighted by atomic mass is 10.2. The lowest BCUT2D eigenvalue weighted by Crippen LogP contribution is -2.21. The van der Waals surface area contributed by atoms with E-state index < -0.39 is 29.2 Å². The predicted octanol–water partition coefficient (Wildman–Crippen LogP) is 3.33. The Balaban J connectivity index is 2.10. The quantitative estimate of drug-likeness (QED) is 0.739. The molecule has 7 heteroatoms. The van der Waals surface area contributed by atoms with Gasteiger partial charge in [-0.05, 0) is 24.3 Å². The molecule has 2 amide bonds. The van der Waals surface area contributed by atoms with Crippen molar-refractivity contribution in [3.05, 3.63) is 53.8 Å². The second-order valence-electron chi connectivity index (χ2n) is 3.95. The first-order chi connectivity index (χ1) is 9.45. The second-order valence-corrected chi connectivity index (χ2v) is 3.95. The number of hydrogen-bond donors (Lipinski definition) is 3. The lowest BCUT2D eigenvalue weighted by Gasteiger charge is -2.09. The number of nitrogens with one attached hydrogen (secondary N) is 2. The molecule has 0 saturated carbocycles. The minimum absolute atomic E-state index is 0.389. The zero-order valence-corrected chi connectivity index (χ0v) is 10.1. The van der Waals surface area contributed by atoms with Gasteiger partial charge in [0.25, 0.3) is 0 Å². The minimum atomic E-state index is -1.20. The van der Waals surface area contributed by atoms with E-state index in [9.17, 15) is 18.0 Å². The fraction of sp³-hybridized carbons (Fsp3) is 0. The summed E-state index contributed by atoms with van der Waals surface area (Å²) >= 11 is 0. The summed E-state index contributed by atoms with van der Waals surface area (Å²) in [6, 6.07) is 6.23. The highest BCUT2D eigenvalue weighted by atomic mass is 19.1. The highest BCUT2D eigenvalue weighted by Crippen LogP contribution is 2.20. The lowest BCUT2D eigenvalue weighted by molar-refractivity contribution is 0.262. The van der Waals surface area contributed by atoms with Crippen LogP contribution in [-0.2, 0) is 0 Å². The van der Waals surface area contributed by atoms with E-state index in [1.165, 1.54) is 12.1 Å². The first-order valence-electron chi connectivity index (χ1n) is 5.54. The van der Waals surface area contributed by atoms with Gasteiger partial charge in [-0.15, -0.1) is 0 Å². The zero-order valence-electron chi connectivity index (χ0n) is 10.1. The molecule has 0 bridgehead atoms. The summed E-state index contributed by atoms with van der Waals surface area (Å²) in [6.07, 6.45) is 0. The van der Waals surface area contributed by atoms with Crippen molar-refractivity contribution in [3.63, 3.8) is 0 Å². The van der Waals surface area contributed by atoms with Crippen LogP contribution in [0.1, 0.15) is 0 Å². The average Bonchev–Trinajstić information content (AvgIpc) is 2.36. The van der Waals surface area contributed by atoms with Crippen LogP contribution < -0.4 is 16.4 Å². The molecule has 2 aromatic rings. The largest absolute Gasteiger partial charge is 0.399 e. The fourth-order valence-electron chi connectivity index (χ4n) is 1.50. The van der Waals surface area contributed by atoms with Crippen molar-refractivity contribution in [2.75, 3.05) is 16.4 Å². The molecule has 104 valence electrons. The Hall–Kier alpha value is -2.70. The van der Waals surface area contributed by atoms with Crippen molar-refractivity contribution >= 4 is 23.1 Å². The van der Waals surface area contributed by atoms with Gasteiger partial charge in [0.05, 0.1) is 0 Å². The van der Waals surface area contributed by atoms with Crippen molar-refractivity contribution < 1.29 is 18.0 Å². The Morgan fingerprint density at radius 1 is 0.950 bits per heavy atom. The number of nitrogen functional groups attached to an aromatic ring is 1. The van der Waals surface area contributed by atoms with E-state index in [-0.39, 0.29) is 0 Å². The highest BCUT2D eigenvalue weighted by Gasteiger charge is 2.14. The molecule has 2 aromatic carbocycles. The molecular weight excluding hydrogens is 271 g/mol. The van der Waals surface area contributed by atoms with Gasteiger partial charge in [0.2, 0.25) is 0 Å². The minimum Gasteiger partial charge on any atom is -0.399 e. The number of carbonyl (C=O) groups is 1. The monoisotopic (exact) mass is 281 g/mol. The summed E-state index contributed by atoms with van der Waals surface area (Å²) in [6.45, 7) is 0. The third-order valence-corrected chi connectivity index (χ3v) is 2.41. The van der Waals surface area contributed by atoms with Gasteiger partial charge in [-0.1, -0.05) is 0 Å². The summed E-state index contributed by atoms with van der Waals surface area (Å²) in [4.78, 5) is 11.6. The fourth-order valence-corrected chi connectivity index (χ4v) is 1.50. The van der Waals surface area contributed by atoms with Crippen molar-refractivity contribution in [2.45, 2.75) is 0 Å². The zero-order chi connectivity index (χ0) is 14.7. The Morgan fingerprint density at radius 3 is 2.05 bits per heavy atom. The molecule has 0 radical (unpaired) electrons. The van der Waals surface area contributed by atoms with Gasteiger partial charge in [-0.25, -0.2) is 18.0 Å². The summed E-state index contributed by atoms with van der Waals surface area (Å²) < 4.78 is 39.4. The molecule has 0 aliphatic rings. The van der Waals surface area contributed by atoms with Gasteiger partial charge in [0.1, 0.15) is 11.5 Å². The maximum Gasteiger partial charge on any atom is 0.323 e. The van der Waals surface area contributed by atoms with Crippen molar-refractivity contribution in [1.82, 2.24) is 0 Å². The molecule has 20 heavy (non-hydrogen) atoms. The molecule has 0 unspecified atom stereocenters. The van der Waals surface area contributed by atoms with Crippen molar-refractivity contribution in [1.29, 1.82) is 0 Å². The van der Waals surface area contributed by atoms with E-state index in [2.05, 4.69) is 5.32 Å². The number of anilines is 3. The molecule has 0 heterocycles. The molecule has 4 N–H and O–H groups in total.